The normalized spacial score (nSPS) is 10.7. The second-order valence-electron chi connectivity index (χ2n) is 4.36. The summed E-state index contributed by atoms with van der Waals surface area (Å²) in [5.74, 6) is -1.50. The molecule has 0 bridgehead atoms. The van der Waals surface area contributed by atoms with Gasteiger partial charge in [-0.25, -0.2) is 9.78 Å². The van der Waals surface area contributed by atoms with Gasteiger partial charge in [-0.1, -0.05) is 11.3 Å². The molecule has 2 heterocycles. The Morgan fingerprint density at radius 1 is 1.29 bits per heavy atom. The monoisotopic (exact) mass is 318 g/mol. The number of hydrogen-bond donors (Lipinski definition) is 2. The van der Waals surface area contributed by atoms with Crippen LogP contribution in [0.25, 0.3) is 10.1 Å². The summed E-state index contributed by atoms with van der Waals surface area (Å²) in [5.41, 5.74) is 0.605. The number of aromatic carboxylic acids is 1. The highest BCUT2D eigenvalue weighted by molar-refractivity contribution is 7.18. The SMILES string of the molecule is CC(=O)c1sc(Nc2ccc3sccc3c2)nc1C(=O)O. The van der Waals surface area contributed by atoms with Gasteiger partial charge in [0.25, 0.3) is 0 Å². The predicted molar refractivity (Wildman–Crippen MR) is 84.2 cm³/mol. The third-order valence-corrected chi connectivity index (χ3v) is 4.82. The third-order valence-electron chi connectivity index (χ3n) is 2.85. The van der Waals surface area contributed by atoms with Crippen LogP contribution in [0.3, 0.4) is 0 Å². The Kier molecular flexibility index (Phi) is 3.44. The Morgan fingerprint density at radius 3 is 2.76 bits per heavy atom. The summed E-state index contributed by atoms with van der Waals surface area (Å²) >= 11 is 2.70. The molecule has 5 nitrogen and oxygen atoms in total. The number of aromatic nitrogens is 1. The Morgan fingerprint density at radius 2 is 2.10 bits per heavy atom. The van der Waals surface area contributed by atoms with Crippen LogP contribution < -0.4 is 5.32 Å². The van der Waals surface area contributed by atoms with E-state index in [4.69, 9.17) is 5.11 Å². The van der Waals surface area contributed by atoms with Crippen LogP contribution in [0.15, 0.2) is 29.6 Å². The number of anilines is 2. The number of Topliss-reactive ketones (excluding diaryl/α,β-unsaturated/α-hetero) is 1. The number of nitrogens with zero attached hydrogens (tertiary/aromatic N) is 1. The summed E-state index contributed by atoms with van der Waals surface area (Å²) in [5, 5.41) is 15.6. The zero-order valence-electron chi connectivity index (χ0n) is 10.9. The van der Waals surface area contributed by atoms with E-state index in [-0.39, 0.29) is 16.4 Å². The van der Waals surface area contributed by atoms with Crippen LogP contribution in [-0.2, 0) is 0 Å². The molecule has 0 spiro atoms. The average molecular weight is 318 g/mol. The molecular formula is C14H10N2O3S2. The molecule has 21 heavy (non-hydrogen) atoms. The number of fused-ring (bicyclic) bond motifs is 1. The largest absolute Gasteiger partial charge is 0.476 e. The fraction of sp³-hybridized carbons (Fsp3) is 0.0714. The number of carbonyl (C=O) groups is 2. The maximum atomic E-state index is 11.5. The molecule has 0 amide bonds. The van der Waals surface area contributed by atoms with Gasteiger partial charge < -0.3 is 10.4 Å². The Hall–Kier alpha value is -2.25. The van der Waals surface area contributed by atoms with Gasteiger partial charge in [0, 0.05) is 17.3 Å². The Labute approximate surface area is 127 Å². The topological polar surface area (TPSA) is 79.3 Å². The maximum Gasteiger partial charge on any atom is 0.356 e. The number of benzene rings is 1. The van der Waals surface area contributed by atoms with Crippen molar-refractivity contribution in [3.8, 4) is 0 Å². The van der Waals surface area contributed by atoms with Crippen molar-refractivity contribution >= 4 is 55.3 Å². The van der Waals surface area contributed by atoms with Crippen molar-refractivity contribution < 1.29 is 14.7 Å². The minimum atomic E-state index is -1.20. The van der Waals surface area contributed by atoms with Crippen molar-refractivity contribution in [3.63, 3.8) is 0 Å². The smallest absolute Gasteiger partial charge is 0.356 e. The van der Waals surface area contributed by atoms with Crippen LogP contribution in [0.4, 0.5) is 10.8 Å². The van der Waals surface area contributed by atoms with Gasteiger partial charge in [-0.2, -0.15) is 0 Å². The zero-order valence-corrected chi connectivity index (χ0v) is 12.5. The number of ketones is 1. The van der Waals surface area contributed by atoms with E-state index < -0.39 is 5.97 Å². The molecule has 3 rings (SSSR count). The van der Waals surface area contributed by atoms with Gasteiger partial charge in [0.05, 0.1) is 0 Å². The molecule has 0 unspecified atom stereocenters. The van der Waals surface area contributed by atoms with Gasteiger partial charge in [0.2, 0.25) is 0 Å². The number of carboxylic acids is 1. The van der Waals surface area contributed by atoms with E-state index in [9.17, 15) is 9.59 Å². The lowest BCUT2D eigenvalue weighted by Gasteiger charge is -2.02. The summed E-state index contributed by atoms with van der Waals surface area (Å²) in [6.45, 7) is 1.33. The highest BCUT2D eigenvalue weighted by Crippen LogP contribution is 2.29. The summed E-state index contributed by atoms with van der Waals surface area (Å²) < 4.78 is 1.18. The molecule has 0 aliphatic carbocycles. The van der Waals surface area contributed by atoms with E-state index in [1.807, 2.05) is 29.6 Å². The first-order chi connectivity index (χ1) is 10.0. The van der Waals surface area contributed by atoms with E-state index in [1.54, 1.807) is 11.3 Å². The molecule has 0 saturated heterocycles. The second kappa shape index (κ2) is 5.27. The van der Waals surface area contributed by atoms with Gasteiger partial charge in [-0.05, 0) is 35.0 Å². The molecule has 0 saturated carbocycles. The first-order valence-electron chi connectivity index (χ1n) is 6.04. The quantitative estimate of drug-likeness (QED) is 0.711. The number of thiazole rings is 1. The van der Waals surface area contributed by atoms with Crippen LogP contribution in [0.5, 0.6) is 0 Å². The van der Waals surface area contributed by atoms with Crippen molar-refractivity contribution in [3.05, 3.63) is 40.2 Å². The Balaban J connectivity index is 1.95. The molecule has 7 heteroatoms. The number of nitrogens with one attached hydrogen (secondary N) is 1. The van der Waals surface area contributed by atoms with Crippen molar-refractivity contribution in [1.29, 1.82) is 0 Å². The molecule has 1 aromatic carbocycles. The summed E-state index contributed by atoms with van der Waals surface area (Å²) in [6, 6.07) is 7.85. The second-order valence-corrected chi connectivity index (χ2v) is 6.30. The standard InChI is InChI=1S/C14H10N2O3S2/c1-7(17)12-11(13(18)19)16-14(21-12)15-9-2-3-10-8(6-9)4-5-20-10/h2-6H,1H3,(H,15,16)(H,18,19). The maximum absolute atomic E-state index is 11.5. The molecular weight excluding hydrogens is 308 g/mol. The summed E-state index contributed by atoms with van der Waals surface area (Å²) in [7, 11) is 0. The number of hydrogen-bond acceptors (Lipinski definition) is 6. The fourth-order valence-electron chi connectivity index (χ4n) is 1.93. The predicted octanol–water partition coefficient (Wildman–Crippen LogP) is 4.00. The molecule has 0 radical (unpaired) electrons. The molecule has 2 N–H and O–H groups in total. The number of thiophene rings is 1. The van der Waals surface area contributed by atoms with E-state index in [0.29, 0.717) is 5.13 Å². The highest BCUT2D eigenvalue weighted by Gasteiger charge is 2.20. The van der Waals surface area contributed by atoms with Crippen LogP contribution in [0.1, 0.15) is 27.1 Å². The summed E-state index contributed by atoms with van der Waals surface area (Å²) in [4.78, 5) is 26.7. The minimum absolute atomic E-state index is 0.154. The third kappa shape index (κ3) is 2.65. The van der Waals surface area contributed by atoms with E-state index >= 15 is 0 Å². The van der Waals surface area contributed by atoms with Crippen LogP contribution in [0, 0.1) is 0 Å². The van der Waals surface area contributed by atoms with Crippen LogP contribution >= 0.6 is 22.7 Å². The van der Waals surface area contributed by atoms with Crippen LogP contribution in [0.2, 0.25) is 0 Å². The lowest BCUT2D eigenvalue weighted by molar-refractivity contribution is 0.0687. The van der Waals surface area contributed by atoms with Crippen molar-refractivity contribution in [2.75, 3.05) is 5.32 Å². The molecule has 3 aromatic rings. The molecule has 2 aromatic heterocycles. The van der Waals surface area contributed by atoms with Crippen molar-refractivity contribution in [1.82, 2.24) is 4.98 Å². The lowest BCUT2D eigenvalue weighted by atomic mass is 10.2. The zero-order chi connectivity index (χ0) is 15.0. The van der Waals surface area contributed by atoms with Gasteiger partial charge in [0.1, 0.15) is 4.88 Å². The van der Waals surface area contributed by atoms with E-state index in [1.165, 1.54) is 11.6 Å². The van der Waals surface area contributed by atoms with Crippen LogP contribution in [-0.4, -0.2) is 21.8 Å². The first kappa shape index (κ1) is 13.7. The molecule has 106 valence electrons. The van der Waals surface area contributed by atoms with Crippen molar-refractivity contribution in [2.45, 2.75) is 6.92 Å². The molecule has 0 atom stereocenters. The molecule has 0 aliphatic rings. The average Bonchev–Trinajstić information content (AvgIpc) is 3.04. The highest BCUT2D eigenvalue weighted by atomic mass is 32.1. The number of carboxylic acid groups (broad SMARTS) is 1. The van der Waals surface area contributed by atoms with Gasteiger partial charge in [0.15, 0.2) is 16.6 Å². The first-order valence-corrected chi connectivity index (χ1v) is 7.73. The van der Waals surface area contributed by atoms with Crippen molar-refractivity contribution in [2.24, 2.45) is 0 Å². The molecule has 0 aliphatic heterocycles. The Bertz CT molecular complexity index is 819. The summed E-state index contributed by atoms with van der Waals surface area (Å²) in [6.07, 6.45) is 0. The minimum Gasteiger partial charge on any atom is -0.476 e. The fourth-order valence-corrected chi connectivity index (χ4v) is 3.57. The van der Waals surface area contributed by atoms with Gasteiger partial charge in [-0.3, -0.25) is 4.79 Å². The van der Waals surface area contributed by atoms with Gasteiger partial charge in [-0.15, -0.1) is 11.3 Å². The van der Waals surface area contributed by atoms with E-state index in [2.05, 4.69) is 10.3 Å². The van der Waals surface area contributed by atoms with E-state index in [0.717, 1.165) is 22.4 Å². The molecule has 0 fully saturated rings. The van der Waals surface area contributed by atoms with Gasteiger partial charge >= 0.3 is 5.97 Å². The lowest BCUT2D eigenvalue weighted by Crippen LogP contribution is -2.03. The number of rotatable bonds is 4. The number of carbonyl (C=O) groups excluding carboxylic acids is 1.